The van der Waals surface area contributed by atoms with Crippen LogP contribution in [0.2, 0.25) is 0 Å². The predicted molar refractivity (Wildman–Crippen MR) is 72.7 cm³/mol. The van der Waals surface area contributed by atoms with Gasteiger partial charge in [-0.05, 0) is 38.0 Å². The van der Waals surface area contributed by atoms with Gasteiger partial charge >= 0.3 is 6.03 Å². The van der Waals surface area contributed by atoms with Crippen LogP contribution in [0.1, 0.15) is 31.4 Å². The summed E-state index contributed by atoms with van der Waals surface area (Å²) in [6.45, 7) is 1.92. The molecule has 1 aromatic carbocycles. The molecule has 1 fully saturated rings. The first-order valence-corrected chi connectivity index (χ1v) is 6.43. The molecule has 1 aliphatic rings. The minimum atomic E-state index is -0.149. The second-order valence-electron chi connectivity index (χ2n) is 4.72. The third-order valence-corrected chi connectivity index (χ3v) is 3.16. The van der Waals surface area contributed by atoms with Crippen LogP contribution in [-0.4, -0.2) is 26.3 Å². The fraction of sp³-hybridized carbons (Fsp3) is 0.500. The highest BCUT2D eigenvalue weighted by atomic mass is 16.5. The molecule has 5 nitrogen and oxygen atoms in total. The van der Waals surface area contributed by atoms with Crippen LogP contribution >= 0.6 is 0 Å². The Kier molecular flexibility index (Phi) is 4.14. The molecule has 0 heterocycles. The molecule has 2 N–H and O–H groups in total. The largest absolute Gasteiger partial charge is 0.497 e. The van der Waals surface area contributed by atoms with Gasteiger partial charge in [0.1, 0.15) is 11.5 Å². The Bertz CT molecular complexity index is 458. The normalized spacial score (nSPS) is 15.5. The van der Waals surface area contributed by atoms with Gasteiger partial charge in [-0.3, -0.25) is 0 Å². The van der Waals surface area contributed by atoms with Crippen LogP contribution in [0, 0.1) is 0 Å². The molecular weight excluding hydrogens is 244 g/mol. The highest BCUT2D eigenvalue weighted by Crippen LogP contribution is 2.29. The number of benzene rings is 1. The van der Waals surface area contributed by atoms with Crippen LogP contribution in [0.25, 0.3) is 0 Å². The summed E-state index contributed by atoms with van der Waals surface area (Å²) in [5.41, 5.74) is 0.896. The number of urea groups is 1. The molecule has 19 heavy (non-hydrogen) atoms. The van der Waals surface area contributed by atoms with Gasteiger partial charge in [0, 0.05) is 11.6 Å². The van der Waals surface area contributed by atoms with Crippen LogP contribution < -0.4 is 20.1 Å². The first kappa shape index (κ1) is 13.5. The number of rotatable bonds is 5. The van der Waals surface area contributed by atoms with Crippen molar-refractivity contribution in [2.45, 2.75) is 31.8 Å². The quantitative estimate of drug-likeness (QED) is 0.857. The summed E-state index contributed by atoms with van der Waals surface area (Å²) < 4.78 is 10.5. The number of nitrogens with one attached hydrogen (secondary N) is 2. The maximum Gasteiger partial charge on any atom is 0.315 e. The Morgan fingerprint density at radius 3 is 2.63 bits per heavy atom. The van der Waals surface area contributed by atoms with E-state index in [-0.39, 0.29) is 12.1 Å². The Balaban J connectivity index is 2.07. The highest BCUT2D eigenvalue weighted by molar-refractivity contribution is 5.75. The predicted octanol–water partition coefficient (Wildman–Crippen LogP) is 2.23. The Morgan fingerprint density at radius 2 is 2.05 bits per heavy atom. The van der Waals surface area contributed by atoms with E-state index in [4.69, 9.17) is 9.47 Å². The van der Waals surface area contributed by atoms with Gasteiger partial charge in [0.05, 0.1) is 20.3 Å². The Labute approximate surface area is 113 Å². The topological polar surface area (TPSA) is 59.6 Å². The number of methoxy groups -OCH3 is 2. The van der Waals surface area contributed by atoms with Crippen LogP contribution in [-0.2, 0) is 0 Å². The number of ether oxygens (including phenoxy) is 2. The minimum absolute atomic E-state index is 0.139. The lowest BCUT2D eigenvalue weighted by molar-refractivity contribution is 0.237. The van der Waals surface area contributed by atoms with Crippen molar-refractivity contribution in [1.29, 1.82) is 0 Å². The molecule has 1 saturated carbocycles. The van der Waals surface area contributed by atoms with Crippen molar-refractivity contribution in [3.63, 3.8) is 0 Å². The minimum Gasteiger partial charge on any atom is -0.497 e. The van der Waals surface area contributed by atoms with E-state index >= 15 is 0 Å². The highest BCUT2D eigenvalue weighted by Gasteiger charge is 2.24. The van der Waals surface area contributed by atoms with Crippen molar-refractivity contribution >= 4 is 6.03 Å². The van der Waals surface area contributed by atoms with Gasteiger partial charge in [0.2, 0.25) is 0 Å². The number of amides is 2. The van der Waals surface area contributed by atoms with E-state index in [1.54, 1.807) is 14.2 Å². The molecule has 0 aliphatic heterocycles. The van der Waals surface area contributed by atoms with Crippen molar-refractivity contribution in [2.24, 2.45) is 0 Å². The zero-order valence-electron chi connectivity index (χ0n) is 11.5. The number of carbonyl (C=O) groups excluding carboxylic acids is 1. The van der Waals surface area contributed by atoms with Gasteiger partial charge in [0.15, 0.2) is 0 Å². The summed E-state index contributed by atoms with van der Waals surface area (Å²) in [4.78, 5) is 11.7. The summed E-state index contributed by atoms with van der Waals surface area (Å²) in [5, 5.41) is 5.81. The molecule has 0 saturated heterocycles. The fourth-order valence-corrected chi connectivity index (χ4v) is 1.91. The molecule has 1 atom stereocenters. The molecule has 0 radical (unpaired) electrons. The number of hydrogen-bond donors (Lipinski definition) is 2. The van der Waals surface area contributed by atoms with Crippen molar-refractivity contribution in [1.82, 2.24) is 10.6 Å². The van der Waals surface area contributed by atoms with Crippen LogP contribution in [0.15, 0.2) is 18.2 Å². The van der Waals surface area contributed by atoms with Crippen LogP contribution in [0.5, 0.6) is 11.5 Å². The summed E-state index contributed by atoms with van der Waals surface area (Å²) >= 11 is 0. The van der Waals surface area contributed by atoms with Crippen molar-refractivity contribution in [3.8, 4) is 11.5 Å². The molecule has 0 aromatic heterocycles. The zero-order chi connectivity index (χ0) is 13.8. The van der Waals surface area contributed by atoms with E-state index in [1.807, 2.05) is 25.1 Å². The summed E-state index contributed by atoms with van der Waals surface area (Å²) in [6, 6.07) is 5.61. The molecule has 0 bridgehead atoms. The molecule has 104 valence electrons. The smallest absolute Gasteiger partial charge is 0.315 e. The van der Waals surface area contributed by atoms with E-state index in [0.717, 1.165) is 29.9 Å². The van der Waals surface area contributed by atoms with Gasteiger partial charge in [-0.15, -0.1) is 0 Å². The fourth-order valence-electron chi connectivity index (χ4n) is 1.91. The van der Waals surface area contributed by atoms with Gasteiger partial charge in [-0.1, -0.05) is 0 Å². The Hall–Kier alpha value is -1.91. The lowest BCUT2D eigenvalue weighted by atomic mass is 10.1. The van der Waals surface area contributed by atoms with Gasteiger partial charge < -0.3 is 20.1 Å². The van der Waals surface area contributed by atoms with Gasteiger partial charge in [-0.2, -0.15) is 0 Å². The second kappa shape index (κ2) is 5.82. The van der Waals surface area contributed by atoms with Crippen LogP contribution in [0.3, 0.4) is 0 Å². The van der Waals surface area contributed by atoms with E-state index in [9.17, 15) is 4.79 Å². The van der Waals surface area contributed by atoms with Gasteiger partial charge in [0.25, 0.3) is 0 Å². The molecule has 2 rings (SSSR count). The monoisotopic (exact) mass is 264 g/mol. The molecule has 1 aromatic rings. The van der Waals surface area contributed by atoms with E-state index < -0.39 is 0 Å². The average Bonchev–Trinajstić information content (AvgIpc) is 3.21. The lowest BCUT2D eigenvalue weighted by Crippen LogP contribution is -2.38. The summed E-state index contributed by atoms with van der Waals surface area (Å²) in [7, 11) is 3.23. The Morgan fingerprint density at radius 1 is 1.32 bits per heavy atom. The first-order valence-electron chi connectivity index (χ1n) is 6.43. The SMILES string of the molecule is COc1ccc(OC)c(C(C)NC(=O)NC2CC2)c1. The third kappa shape index (κ3) is 3.53. The molecule has 1 unspecified atom stereocenters. The zero-order valence-corrected chi connectivity index (χ0v) is 11.5. The maximum absolute atomic E-state index is 11.7. The maximum atomic E-state index is 11.7. The molecule has 2 amide bonds. The molecule has 5 heteroatoms. The van der Waals surface area contributed by atoms with Crippen molar-refractivity contribution in [2.75, 3.05) is 14.2 Å². The van der Waals surface area contributed by atoms with Gasteiger partial charge in [-0.25, -0.2) is 4.79 Å². The molecule has 0 spiro atoms. The average molecular weight is 264 g/mol. The summed E-state index contributed by atoms with van der Waals surface area (Å²) in [5.74, 6) is 1.48. The van der Waals surface area contributed by atoms with E-state index in [2.05, 4.69) is 10.6 Å². The van der Waals surface area contributed by atoms with Crippen molar-refractivity contribution in [3.05, 3.63) is 23.8 Å². The first-order chi connectivity index (χ1) is 9.13. The third-order valence-electron chi connectivity index (χ3n) is 3.16. The molecule has 1 aliphatic carbocycles. The summed E-state index contributed by atoms with van der Waals surface area (Å²) in [6.07, 6.45) is 2.15. The number of hydrogen-bond acceptors (Lipinski definition) is 3. The van der Waals surface area contributed by atoms with Crippen LogP contribution in [0.4, 0.5) is 4.79 Å². The van der Waals surface area contributed by atoms with E-state index in [1.165, 1.54) is 0 Å². The lowest BCUT2D eigenvalue weighted by Gasteiger charge is -2.18. The van der Waals surface area contributed by atoms with E-state index in [0.29, 0.717) is 6.04 Å². The molecular formula is C14H20N2O3. The second-order valence-corrected chi connectivity index (χ2v) is 4.72. The number of carbonyl (C=O) groups is 1. The standard InChI is InChI=1S/C14H20N2O3/c1-9(15-14(17)16-10-4-5-10)12-8-11(18-2)6-7-13(12)19-3/h6-10H,4-5H2,1-3H3,(H2,15,16,17). The van der Waals surface area contributed by atoms with Crippen molar-refractivity contribution < 1.29 is 14.3 Å².